The summed E-state index contributed by atoms with van der Waals surface area (Å²) in [5.41, 5.74) is 1.82. The van der Waals surface area contributed by atoms with Gasteiger partial charge in [-0.25, -0.2) is 4.39 Å². The maximum Gasteiger partial charge on any atom is 0.127 e. The zero-order valence-electron chi connectivity index (χ0n) is 12.4. The predicted molar refractivity (Wildman–Crippen MR) is 82.6 cm³/mol. The molecule has 0 unspecified atom stereocenters. The second-order valence-corrected chi connectivity index (χ2v) is 12.1. The van der Waals surface area contributed by atoms with E-state index >= 15 is 0 Å². The first-order valence-electron chi connectivity index (χ1n) is 6.16. The van der Waals surface area contributed by atoms with Crippen molar-refractivity contribution in [2.45, 2.75) is 51.9 Å². The largest absolute Gasteiger partial charge is 0.304 e. The molecule has 0 atom stereocenters. The Bertz CT molecular complexity index is 407. The Morgan fingerprint density at radius 3 is 1.84 bits per heavy atom. The van der Waals surface area contributed by atoms with E-state index in [9.17, 15) is 4.39 Å². The average Bonchev–Trinajstić information content (AvgIpc) is 2.14. The van der Waals surface area contributed by atoms with E-state index in [0.29, 0.717) is 0 Å². The van der Waals surface area contributed by atoms with Gasteiger partial charge < -0.3 is 11.6 Å². The van der Waals surface area contributed by atoms with Gasteiger partial charge in [0.2, 0.25) is 0 Å². The molecule has 19 heavy (non-hydrogen) atoms. The number of hydrogen-bond acceptors (Lipinski definition) is 0. The van der Waals surface area contributed by atoms with Crippen LogP contribution in [0.15, 0.2) is 24.3 Å². The van der Waals surface area contributed by atoms with Crippen LogP contribution < -0.4 is 5.30 Å². The molecule has 0 fully saturated rings. The minimum Gasteiger partial charge on any atom is -0.304 e. The van der Waals surface area contributed by atoms with Crippen LogP contribution >= 0.6 is 18.9 Å². The van der Waals surface area contributed by atoms with Gasteiger partial charge in [-0.2, -0.15) is 0 Å². The van der Waals surface area contributed by atoms with Crippen LogP contribution in [-0.4, -0.2) is 10.3 Å². The molecular weight excluding hydrogens is 372 g/mol. The molecule has 0 N–H and O–H groups in total. The molecule has 1 rings (SSSR count). The van der Waals surface area contributed by atoms with Crippen LogP contribution in [-0.2, 0) is 20.4 Å². The number of benzene rings is 1. The zero-order valence-corrected chi connectivity index (χ0v) is 15.6. The molecular formula is C15H23ClFPPd. The smallest absolute Gasteiger partial charge is 0.127 e. The average molecular weight is 395 g/mol. The Hall–Kier alpha value is 0.532. The number of hydrogen-bond donors (Lipinski definition) is 0. The van der Waals surface area contributed by atoms with Crippen molar-refractivity contribution in [2.75, 3.05) is 0 Å². The van der Waals surface area contributed by atoms with Gasteiger partial charge >= 0.3 is 0 Å². The van der Waals surface area contributed by atoms with Gasteiger partial charge in [0.25, 0.3) is 0 Å². The Balaban J connectivity index is 0.00000324. The van der Waals surface area contributed by atoms with E-state index in [-0.39, 0.29) is 36.6 Å². The fourth-order valence-electron chi connectivity index (χ4n) is 2.83. The zero-order chi connectivity index (χ0) is 14.2. The van der Waals surface area contributed by atoms with Gasteiger partial charge in [-0.1, -0.05) is 18.9 Å². The van der Waals surface area contributed by atoms with Crippen molar-refractivity contribution in [3.63, 3.8) is 0 Å². The van der Waals surface area contributed by atoms with Crippen LogP contribution in [0, 0.1) is 11.4 Å². The van der Waals surface area contributed by atoms with Crippen molar-refractivity contribution in [1.82, 2.24) is 0 Å². The molecule has 0 radical (unpaired) electrons. The molecule has 0 saturated carbocycles. The molecule has 0 aliphatic heterocycles. The third-order valence-electron chi connectivity index (χ3n) is 3.48. The molecule has 0 bridgehead atoms. The van der Waals surface area contributed by atoms with Crippen molar-refractivity contribution < 1.29 is 24.8 Å². The maximum absolute atomic E-state index is 13.6. The second-order valence-electron chi connectivity index (χ2n) is 6.64. The fourth-order valence-corrected chi connectivity index (χ4v) is 9.83. The van der Waals surface area contributed by atoms with E-state index < -0.39 is 7.26 Å². The van der Waals surface area contributed by atoms with Crippen molar-refractivity contribution in [1.29, 1.82) is 0 Å². The van der Waals surface area contributed by atoms with Gasteiger partial charge in [0.15, 0.2) is 0 Å². The van der Waals surface area contributed by atoms with Crippen molar-refractivity contribution in [3.05, 3.63) is 35.7 Å². The molecule has 0 aliphatic rings. The normalized spacial score (nSPS) is 13.1. The molecule has 1 aromatic rings. The third-order valence-corrected chi connectivity index (χ3v) is 9.97. The van der Waals surface area contributed by atoms with Crippen LogP contribution in [0.2, 0.25) is 0 Å². The van der Waals surface area contributed by atoms with Crippen LogP contribution in [0.4, 0.5) is 4.39 Å². The van der Waals surface area contributed by atoms with Crippen LogP contribution in [0.3, 0.4) is 0 Å². The SMILES string of the molecule is CC(C)(C)[P+]([CH-]Cl)(c1cccc(F)c1)C(C)(C)C.[Pd]. The van der Waals surface area contributed by atoms with E-state index in [1.54, 1.807) is 12.1 Å². The van der Waals surface area contributed by atoms with Crippen LogP contribution in [0.5, 0.6) is 0 Å². The molecule has 4 heteroatoms. The Morgan fingerprint density at radius 2 is 1.53 bits per heavy atom. The summed E-state index contributed by atoms with van der Waals surface area (Å²) >= 11 is 6.28. The topological polar surface area (TPSA) is 0 Å². The van der Waals surface area contributed by atoms with E-state index in [2.05, 4.69) is 41.5 Å². The minimum absolute atomic E-state index is 0. The standard InChI is InChI=1S/C15H23ClFP.Pd/c1-14(2,3)18(11-16,15(4,5)6)13-9-7-8-12(17)10-13;/h7-11H,1-6H3;. The van der Waals surface area contributed by atoms with Crippen molar-refractivity contribution in [2.24, 2.45) is 0 Å². The molecule has 0 heterocycles. The Morgan fingerprint density at radius 1 is 1.05 bits per heavy atom. The van der Waals surface area contributed by atoms with E-state index in [1.807, 2.05) is 11.7 Å². The quantitative estimate of drug-likeness (QED) is 0.356. The van der Waals surface area contributed by atoms with Gasteiger partial charge in [-0.15, -0.1) is 0 Å². The Labute approximate surface area is 136 Å². The number of rotatable bonds is 2. The summed E-state index contributed by atoms with van der Waals surface area (Å²) in [5.74, 6) is -0.191. The number of halogens is 2. The van der Waals surface area contributed by atoms with Gasteiger partial charge in [-0.3, -0.25) is 0 Å². The molecule has 0 aromatic heterocycles. The summed E-state index contributed by atoms with van der Waals surface area (Å²) < 4.78 is 13.6. The molecule has 0 nitrogen and oxygen atoms in total. The van der Waals surface area contributed by atoms with Gasteiger partial charge in [-0.05, 0) is 53.7 Å². The summed E-state index contributed by atoms with van der Waals surface area (Å²) in [4.78, 5) is 0. The van der Waals surface area contributed by atoms with Gasteiger partial charge in [0, 0.05) is 26.5 Å². The van der Waals surface area contributed by atoms with E-state index in [1.165, 1.54) is 6.07 Å². The Kier molecular flexibility index (Phi) is 6.71. The first-order valence-corrected chi connectivity index (χ1v) is 8.45. The summed E-state index contributed by atoms with van der Waals surface area (Å²) in [5, 5.41) is 1.04. The molecule has 0 aliphatic carbocycles. The van der Waals surface area contributed by atoms with Gasteiger partial charge in [0.05, 0.1) is 15.6 Å². The molecule has 0 amide bonds. The van der Waals surface area contributed by atoms with Crippen molar-refractivity contribution in [3.8, 4) is 0 Å². The first kappa shape index (κ1) is 19.5. The first-order chi connectivity index (χ1) is 8.06. The molecule has 112 valence electrons. The second kappa shape index (κ2) is 6.53. The predicted octanol–water partition coefficient (Wildman–Crippen LogP) is 5.42. The van der Waals surface area contributed by atoms with E-state index in [4.69, 9.17) is 11.6 Å². The summed E-state index contributed by atoms with van der Waals surface area (Å²) in [6.07, 6.45) is 0. The monoisotopic (exact) mass is 394 g/mol. The van der Waals surface area contributed by atoms with Crippen molar-refractivity contribution >= 4 is 24.2 Å². The van der Waals surface area contributed by atoms with E-state index in [0.717, 1.165) is 5.30 Å². The minimum atomic E-state index is -1.82. The van der Waals surface area contributed by atoms with Crippen LogP contribution in [0.1, 0.15) is 41.5 Å². The molecule has 0 saturated heterocycles. The van der Waals surface area contributed by atoms with Gasteiger partial charge in [0.1, 0.15) is 5.82 Å². The molecule has 1 aromatic carbocycles. The summed E-state index contributed by atoms with van der Waals surface area (Å²) in [6, 6.07) is 6.91. The summed E-state index contributed by atoms with van der Waals surface area (Å²) in [6.45, 7) is 13.1. The van der Waals surface area contributed by atoms with Crippen LogP contribution in [0.25, 0.3) is 0 Å². The molecule has 0 spiro atoms. The maximum atomic E-state index is 13.6. The fraction of sp³-hybridized carbons (Fsp3) is 0.533. The summed E-state index contributed by atoms with van der Waals surface area (Å²) in [7, 11) is -1.82. The third kappa shape index (κ3) is 3.60.